The van der Waals surface area contributed by atoms with E-state index in [0.717, 1.165) is 32.4 Å². The van der Waals surface area contributed by atoms with Crippen molar-refractivity contribution in [1.82, 2.24) is 4.98 Å². The van der Waals surface area contributed by atoms with Gasteiger partial charge in [-0.1, -0.05) is 15.9 Å². The Kier molecular flexibility index (Phi) is 3.09. The van der Waals surface area contributed by atoms with E-state index in [1.165, 1.54) is 0 Å². The number of hydrogen-bond acceptors (Lipinski definition) is 3. The number of pyridine rings is 1. The van der Waals surface area contributed by atoms with Crippen LogP contribution in [0.25, 0.3) is 10.9 Å². The predicted molar refractivity (Wildman–Crippen MR) is 83.6 cm³/mol. The molecule has 0 aliphatic carbocycles. The van der Waals surface area contributed by atoms with Crippen LogP contribution >= 0.6 is 15.9 Å². The first-order valence-electron chi connectivity index (χ1n) is 5.89. The largest absolute Gasteiger partial charge is 0.399 e. The van der Waals surface area contributed by atoms with Crippen molar-refractivity contribution in [2.75, 3.05) is 11.1 Å². The molecule has 0 saturated carbocycles. The van der Waals surface area contributed by atoms with Crippen LogP contribution in [0, 0.1) is 0 Å². The quantitative estimate of drug-likeness (QED) is 0.693. The molecule has 3 aromatic rings. The van der Waals surface area contributed by atoms with Gasteiger partial charge in [0.2, 0.25) is 0 Å². The highest BCUT2D eigenvalue weighted by Crippen LogP contribution is 2.26. The maximum absolute atomic E-state index is 5.78. The Labute approximate surface area is 119 Å². The van der Waals surface area contributed by atoms with Gasteiger partial charge in [0.05, 0.1) is 5.52 Å². The van der Waals surface area contributed by atoms with Crippen LogP contribution in [0.1, 0.15) is 0 Å². The Morgan fingerprint density at radius 1 is 1.00 bits per heavy atom. The number of aromatic nitrogens is 1. The summed E-state index contributed by atoms with van der Waals surface area (Å²) in [6.07, 6.45) is 1.78. The lowest BCUT2D eigenvalue weighted by atomic mass is 10.1. The van der Waals surface area contributed by atoms with Crippen LogP contribution < -0.4 is 11.1 Å². The third kappa shape index (κ3) is 2.53. The van der Waals surface area contributed by atoms with Crippen LogP contribution in [0.3, 0.4) is 0 Å². The lowest BCUT2D eigenvalue weighted by Crippen LogP contribution is -1.93. The summed E-state index contributed by atoms with van der Waals surface area (Å²) in [6, 6.07) is 15.8. The number of nitrogen functional groups attached to an aromatic ring is 1. The molecule has 3 N–H and O–H groups in total. The lowest BCUT2D eigenvalue weighted by molar-refractivity contribution is 1.40. The Hall–Kier alpha value is -2.07. The molecule has 0 spiro atoms. The average molecular weight is 314 g/mol. The molecule has 2 aromatic carbocycles. The smallest absolute Gasteiger partial charge is 0.0743 e. The van der Waals surface area contributed by atoms with Crippen molar-refractivity contribution in [1.29, 1.82) is 0 Å². The van der Waals surface area contributed by atoms with E-state index in [0.29, 0.717) is 0 Å². The summed E-state index contributed by atoms with van der Waals surface area (Å²) in [4.78, 5) is 4.33. The Bertz CT molecular complexity index is 723. The number of nitrogens with one attached hydrogen (secondary N) is 1. The van der Waals surface area contributed by atoms with Crippen molar-refractivity contribution in [3.8, 4) is 0 Å². The van der Waals surface area contributed by atoms with E-state index in [9.17, 15) is 0 Å². The molecule has 3 nitrogen and oxygen atoms in total. The van der Waals surface area contributed by atoms with Crippen LogP contribution in [0.2, 0.25) is 0 Å². The molecule has 3 rings (SSSR count). The predicted octanol–water partition coefficient (Wildman–Crippen LogP) is 4.32. The summed E-state index contributed by atoms with van der Waals surface area (Å²) < 4.78 is 1.06. The summed E-state index contributed by atoms with van der Waals surface area (Å²) >= 11 is 3.43. The highest BCUT2D eigenvalue weighted by Gasteiger charge is 2.02. The van der Waals surface area contributed by atoms with Crippen LogP contribution in [-0.2, 0) is 0 Å². The number of fused-ring (bicyclic) bond motifs is 1. The molecule has 1 aromatic heterocycles. The molecule has 0 fully saturated rings. The van der Waals surface area contributed by atoms with E-state index in [1.807, 2.05) is 48.5 Å². The number of anilines is 3. The second-order valence-corrected chi connectivity index (χ2v) is 5.18. The van der Waals surface area contributed by atoms with Gasteiger partial charge in [-0.05, 0) is 48.5 Å². The summed E-state index contributed by atoms with van der Waals surface area (Å²) in [7, 11) is 0. The second-order valence-electron chi connectivity index (χ2n) is 4.27. The standard InChI is InChI=1S/C15H12BrN3/c16-10-1-4-12(5-2-10)19-14-7-8-18-15-9-11(17)3-6-13(14)15/h1-9H,17H2,(H,18,19). The third-order valence-electron chi connectivity index (χ3n) is 2.89. The van der Waals surface area contributed by atoms with E-state index in [4.69, 9.17) is 5.73 Å². The van der Waals surface area contributed by atoms with Gasteiger partial charge < -0.3 is 11.1 Å². The topological polar surface area (TPSA) is 50.9 Å². The van der Waals surface area contributed by atoms with E-state index >= 15 is 0 Å². The maximum Gasteiger partial charge on any atom is 0.0743 e. The number of nitrogens with two attached hydrogens (primary N) is 1. The number of rotatable bonds is 2. The van der Waals surface area contributed by atoms with E-state index < -0.39 is 0 Å². The SMILES string of the molecule is Nc1ccc2c(Nc3ccc(Br)cc3)ccnc2c1. The minimum absolute atomic E-state index is 0.723. The van der Waals surface area contributed by atoms with Gasteiger partial charge in [-0.25, -0.2) is 0 Å². The summed E-state index contributed by atoms with van der Waals surface area (Å²) in [5.41, 5.74) is 9.45. The number of benzene rings is 2. The van der Waals surface area contributed by atoms with Crippen molar-refractivity contribution < 1.29 is 0 Å². The lowest BCUT2D eigenvalue weighted by Gasteiger charge is -2.09. The van der Waals surface area contributed by atoms with Crippen molar-refractivity contribution in [2.45, 2.75) is 0 Å². The van der Waals surface area contributed by atoms with Crippen molar-refractivity contribution in [3.05, 3.63) is 59.2 Å². The molecule has 1 heterocycles. The zero-order valence-corrected chi connectivity index (χ0v) is 11.7. The minimum atomic E-state index is 0.723. The molecule has 0 amide bonds. The van der Waals surface area contributed by atoms with Gasteiger partial charge in [0.1, 0.15) is 0 Å². The number of hydrogen-bond donors (Lipinski definition) is 2. The van der Waals surface area contributed by atoms with Crippen LogP contribution in [0.4, 0.5) is 17.1 Å². The summed E-state index contributed by atoms with van der Waals surface area (Å²) in [5, 5.41) is 4.45. The van der Waals surface area contributed by atoms with Gasteiger partial charge >= 0.3 is 0 Å². The third-order valence-corrected chi connectivity index (χ3v) is 3.42. The monoisotopic (exact) mass is 313 g/mol. The van der Waals surface area contributed by atoms with Gasteiger partial charge in [0.25, 0.3) is 0 Å². The molecular weight excluding hydrogens is 302 g/mol. The molecule has 4 heteroatoms. The number of halogens is 1. The molecule has 19 heavy (non-hydrogen) atoms. The van der Waals surface area contributed by atoms with Crippen LogP contribution in [-0.4, -0.2) is 4.98 Å². The highest BCUT2D eigenvalue weighted by molar-refractivity contribution is 9.10. The van der Waals surface area contributed by atoms with Crippen LogP contribution in [0.5, 0.6) is 0 Å². The minimum Gasteiger partial charge on any atom is -0.399 e. The first-order valence-corrected chi connectivity index (χ1v) is 6.68. The molecule has 0 unspecified atom stereocenters. The van der Waals surface area contributed by atoms with Crippen molar-refractivity contribution in [2.24, 2.45) is 0 Å². The van der Waals surface area contributed by atoms with Gasteiger partial charge in [0, 0.05) is 33.1 Å². The van der Waals surface area contributed by atoms with E-state index in [1.54, 1.807) is 6.20 Å². The zero-order chi connectivity index (χ0) is 13.2. The maximum atomic E-state index is 5.78. The van der Waals surface area contributed by atoms with Crippen molar-refractivity contribution in [3.63, 3.8) is 0 Å². The van der Waals surface area contributed by atoms with Gasteiger partial charge in [0.15, 0.2) is 0 Å². The molecule has 0 atom stereocenters. The van der Waals surface area contributed by atoms with Crippen LogP contribution in [0.15, 0.2) is 59.2 Å². The van der Waals surface area contributed by atoms with Gasteiger partial charge in [-0.2, -0.15) is 0 Å². The van der Waals surface area contributed by atoms with E-state index in [-0.39, 0.29) is 0 Å². The van der Waals surface area contributed by atoms with Crippen molar-refractivity contribution >= 4 is 43.9 Å². The molecule has 0 aliphatic rings. The highest BCUT2D eigenvalue weighted by atomic mass is 79.9. The molecule has 0 aliphatic heterocycles. The fourth-order valence-electron chi connectivity index (χ4n) is 1.96. The molecular formula is C15H12BrN3. The van der Waals surface area contributed by atoms with Gasteiger partial charge in [-0.15, -0.1) is 0 Å². The molecule has 0 bridgehead atoms. The fourth-order valence-corrected chi connectivity index (χ4v) is 2.23. The zero-order valence-electron chi connectivity index (χ0n) is 10.1. The summed E-state index contributed by atoms with van der Waals surface area (Å²) in [6.45, 7) is 0. The first kappa shape index (κ1) is 12.0. The fraction of sp³-hybridized carbons (Fsp3) is 0. The Morgan fingerprint density at radius 3 is 2.58 bits per heavy atom. The van der Waals surface area contributed by atoms with E-state index in [2.05, 4.69) is 26.2 Å². The molecule has 0 saturated heterocycles. The Morgan fingerprint density at radius 2 is 1.79 bits per heavy atom. The second kappa shape index (κ2) is 4.90. The average Bonchev–Trinajstić information content (AvgIpc) is 2.41. The molecule has 94 valence electrons. The first-order chi connectivity index (χ1) is 9.22. The number of nitrogens with zero attached hydrogens (tertiary/aromatic N) is 1. The summed E-state index contributed by atoms with van der Waals surface area (Å²) in [5.74, 6) is 0. The van der Waals surface area contributed by atoms with Gasteiger partial charge in [-0.3, -0.25) is 4.98 Å². The Balaban J connectivity index is 2.03. The normalized spacial score (nSPS) is 10.6. The molecule has 0 radical (unpaired) electrons.